The second-order valence-electron chi connectivity index (χ2n) is 8.96. The zero-order valence-corrected chi connectivity index (χ0v) is 19.7. The Bertz CT molecular complexity index is 966. The van der Waals surface area contributed by atoms with E-state index in [1.54, 1.807) is 24.3 Å². The van der Waals surface area contributed by atoms with Crippen LogP contribution in [-0.2, 0) is 9.59 Å². The van der Waals surface area contributed by atoms with Crippen LogP contribution in [0.4, 0.5) is 11.6 Å². The minimum absolute atomic E-state index is 0.165. The number of imide groups is 1. The van der Waals surface area contributed by atoms with Crippen LogP contribution in [0.3, 0.4) is 0 Å². The summed E-state index contributed by atoms with van der Waals surface area (Å²) in [4.78, 5) is 38.2. The first kappa shape index (κ1) is 23.2. The molecule has 0 saturated carbocycles. The summed E-state index contributed by atoms with van der Waals surface area (Å²) in [6, 6.07) is 8.67. The van der Waals surface area contributed by atoms with Crippen LogP contribution in [0.1, 0.15) is 44.0 Å². The van der Waals surface area contributed by atoms with Gasteiger partial charge in [-0.2, -0.15) is 0 Å². The summed E-state index contributed by atoms with van der Waals surface area (Å²) in [6.07, 6.45) is 3.13. The third kappa shape index (κ3) is 5.50. The van der Waals surface area contributed by atoms with Crippen molar-refractivity contribution in [3.8, 4) is 5.75 Å². The quantitative estimate of drug-likeness (QED) is 0.617. The molecule has 1 atom stereocenters. The van der Waals surface area contributed by atoms with Crippen molar-refractivity contribution in [1.82, 2.24) is 15.3 Å². The standard InChI is InChI=1S/C25H33N5O3/c1-4-13-33-21-7-5-20(6-8-21)30-23(31)15-22(24(30)32)26-16-19-9-11-29(12-10-19)25-27-17(2)14-18(3)28-25/h5-8,14,19,22,26H,4,9-13,15-16H2,1-3H3/t22-/m0/s1. The van der Waals surface area contributed by atoms with E-state index < -0.39 is 6.04 Å². The number of benzene rings is 1. The molecule has 2 aliphatic rings. The number of piperidine rings is 1. The number of nitrogens with one attached hydrogen (secondary N) is 1. The van der Waals surface area contributed by atoms with E-state index in [4.69, 9.17) is 4.74 Å². The van der Waals surface area contributed by atoms with Crippen molar-refractivity contribution in [1.29, 1.82) is 0 Å². The largest absolute Gasteiger partial charge is 0.494 e. The normalized spacial score (nSPS) is 19.4. The first-order valence-electron chi connectivity index (χ1n) is 11.8. The Morgan fingerprint density at radius 3 is 2.36 bits per heavy atom. The number of anilines is 2. The number of aromatic nitrogens is 2. The van der Waals surface area contributed by atoms with Crippen LogP contribution in [0, 0.1) is 19.8 Å². The molecule has 0 unspecified atom stereocenters. The lowest BCUT2D eigenvalue weighted by molar-refractivity contribution is -0.121. The molecule has 2 aliphatic heterocycles. The summed E-state index contributed by atoms with van der Waals surface area (Å²) in [6.45, 7) is 9.19. The molecule has 0 spiro atoms. The molecule has 2 aromatic rings. The number of amides is 2. The van der Waals surface area contributed by atoms with E-state index in [0.717, 1.165) is 62.0 Å². The van der Waals surface area contributed by atoms with Gasteiger partial charge >= 0.3 is 0 Å². The number of carbonyl (C=O) groups is 2. The fraction of sp³-hybridized carbons (Fsp3) is 0.520. The number of hydrogen-bond acceptors (Lipinski definition) is 7. The van der Waals surface area contributed by atoms with Gasteiger partial charge in [0.25, 0.3) is 5.91 Å². The van der Waals surface area contributed by atoms with Gasteiger partial charge in [0.1, 0.15) is 5.75 Å². The van der Waals surface area contributed by atoms with Gasteiger partial charge in [0.15, 0.2) is 0 Å². The number of carbonyl (C=O) groups excluding carboxylic acids is 2. The molecule has 8 heteroatoms. The monoisotopic (exact) mass is 451 g/mol. The van der Waals surface area contributed by atoms with Crippen LogP contribution >= 0.6 is 0 Å². The molecule has 1 aromatic carbocycles. The predicted molar refractivity (Wildman–Crippen MR) is 128 cm³/mol. The van der Waals surface area contributed by atoms with E-state index in [0.29, 0.717) is 18.2 Å². The first-order valence-corrected chi connectivity index (χ1v) is 11.8. The van der Waals surface area contributed by atoms with Gasteiger partial charge in [0, 0.05) is 24.5 Å². The molecule has 0 radical (unpaired) electrons. The predicted octanol–water partition coefficient (Wildman–Crippen LogP) is 3.02. The van der Waals surface area contributed by atoms with Crippen molar-refractivity contribution in [2.45, 2.75) is 52.5 Å². The highest BCUT2D eigenvalue weighted by molar-refractivity contribution is 6.22. The smallest absolute Gasteiger partial charge is 0.251 e. The van der Waals surface area contributed by atoms with Crippen LogP contribution in [0.25, 0.3) is 0 Å². The maximum atomic E-state index is 12.9. The summed E-state index contributed by atoms with van der Waals surface area (Å²) in [5, 5.41) is 3.36. The van der Waals surface area contributed by atoms with Crippen molar-refractivity contribution in [3.05, 3.63) is 41.7 Å². The molecule has 8 nitrogen and oxygen atoms in total. The maximum absolute atomic E-state index is 12.9. The average molecular weight is 452 g/mol. The van der Waals surface area contributed by atoms with Gasteiger partial charge < -0.3 is 15.0 Å². The van der Waals surface area contributed by atoms with E-state index in [1.807, 2.05) is 26.8 Å². The Morgan fingerprint density at radius 2 is 1.73 bits per heavy atom. The Labute approximate surface area is 195 Å². The highest BCUT2D eigenvalue weighted by Crippen LogP contribution is 2.26. The van der Waals surface area contributed by atoms with Crippen molar-refractivity contribution < 1.29 is 14.3 Å². The van der Waals surface area contributed by atoms with Gasteiger partial charge in [0.05, 0.1) is 24.8 Å². The molecule has 2 amide bonds. The van der Waals surface area contributed by atoms with E-state index in [-0.39, 0.29) is 18.2 Å². The van der Waals surface area contributed by atoms with Crippen molar-refractivity contribution in [2.24, 2.45) is 5.92 Å². The molecule has 4 rings (SSSR count). The van der Waals surface area contributed by atoms with E-state index in [1.165, 1.54) is 4.90 Å². The molecule has 33 heavy (non-hydrogen) atoms. The van der Waals surface area contributed by atoms with Gasteiger partial charge in [-0.15, -0.1) is 0 Å². The topological polar surface area (TPSA) is 87.7 Å². The van der Waals surface area contributed by atoms with Gasteiger partial charge in [-0.25, -0.2) is 14.9 Å². The number of nitrogens with zero attached hydrogens (tertiary/aromatic N) is 4. The van der Waals surface area contributed by atoms with Crippen LogP contribution in [0.15, 0.2) is 30.3 Å². The maximum Gasteiger partial charge on any atom is 0.251 e. The summed E-state index contributed by atoms with van der Waals surface area (Å²) in [7, 11) is 0. The lowest BCUT2D eigenvalue weighted by Crippen LogP contribution is -2.43. The Morgan fingerprint density at radius 1 is 1.06 bits per heavy atom. The highest BCUT2D eigenvalue weighted by atomic mass is 16.5. The third-order valence-corrected chi connectivity index (χ3v) is 6.24. The van der Waals surface area contributed by atoms with Crippen LogP contribution in [-0.4, -0.2) is 54.1 Å². The molecule has 0 bridgehead atoms. The molecule has 3 heterocycles. The Hall–Kier alpha value is -3.00. The summed E-state index contributed by atoms with van der Waals surface area (Å²) in [5.41, 5.74) is 2.57. The summed E-state index contributed by atoms with van der Waals surface area (Å²) in [5.74, 6) is 1.66. The van der Waals surface area contributed by atoms with E-state index in [9.17, 15) is 9.59 Å². The molecule has 1 aromatic heterocycles. The van der Waals surface area contributed by atoms with E-state index in [2.05, 4.69) is 20.2 Å². The number of ether oxygens (including phenoxy) is 1. The van der Waals surface area contributed by atoms with Gasteiger partial charge in [-0.1, -0.05) is 6.92 Å². The molecule has 1 N–H and O–H groups in total. The van der Waals surface area contributed by atoms with Crippen LogP contribution in [0.2, 0.25) is 0 Å². The zero-order chi connectivity index (χ0) is 23.4. The van der Waals surface area contributed by atoms with E-state index >= 15 is 0 Å². The fourth-order valence-corrected chi connectivity index (χ4v) is 4.47. The molecule has 176 valence electrons. The first-order chi connectivity index (χ1) is 15.9. The van der Waals surface area contributed by atoms with Crippen molar-refractivity contribution in [2.75, 3.05) is 36.0 Å². The summed E-state index contributed by atoms with van der Waals surface area (Å²) >= 11 is 0. The minimum Gasteiger partial charge on any atom is -0.494 e. The molecular weight excluding hydrogens is 418 g/mol. The molecule has 2 saturated heterocycles. The Balaban J connectivity index is 1.28. The van der Waals surface area contributed by atoms with Crippen molar-refractivity contribution in [3.63, 3.8) is 0 Å². The number of aryl methyl sites for hydroxylation is 2. The second-order valence-corrected chi connectivity index (χ2v) is 8.96. The minimum atomic E-state index is -0.464. The van der Waals surface area contributed by atoms with Crippen LogP contribution in [0.5, 0.6) is 5.75 Å². The highest BCUT2D eigenvalue weighted by Gasteiger charge is 2.39. The number of rotatable bonds is 8. The lowest BCUT2D eigenvalue weighted by atomic mass is 9.96. The van der Waals surface area contributed by atoms with Gasteiger partial charge in [-0.3, -0.25) is 9.59 Å². The van der Waals surface area contributed by atoms with Gasteiger partial charge in [-0.05, 0) is 75.9 Å². The number of hydrogen-bond donors (Lipinski definition) is 1. The second kappa shape index (κ2) is 10.3. The average Bonchev–Trinajstić information content (AvgIpc) is 3.09. The SMILES string of the molecule is CCCOc1ccc(N2C(=O)C[C@H](NCC3CCN(c4nc(C)cc(C)n4)CC3)C2=O)cc1. The lowest BCUT2D eigenvalue weighted by Gasteiger charge is -2.32. The molecule has 0 aliphatic carbocycles. The van der Waals surface area contributed by atoms with Crippen molar-refractivity contribution >= 4 is 23.5 Å². The molecular formula is C25H33N5O3. The zero-order valence-electron chi connectivity index (χ0n) is 19.7. The van der Waals surface area contributed by atoms with Crippen LogP contribution < -0.4 is 19.9 Å². The van der Waals surface area contributed by atoms with Gasteiger partial charge in [0.2, 0.25) is 11.9 Å². The summed E-state index contributed by atoms with van der Waals surface area (Å²) < 4.78 is 5.59. The third-order valence-electron chi connectivity index (χ3n) is 6.24. The fourth-order valence-electron chi connectivity index (χ4n) is 4.47. The molecule has 2 fully saturated rings. The Kier molecular flexibility index (Phi) is 7.23.